The van der Waals surface area contributed by atoms with Gasteiger partial charge in [0, 0.05) is 20.3 Å². The van der Waals surface area contributed by atoms with Gasteiger partial charge in [0.05, 0.1) is 0 Å². The van der Waals surface area contributed by atoms with Crippen LogP contribution in [0.3, 0.4) is 0 Å². The maximum absolute atomic E-state index is 5.85. The summed E-state index contributed by atoms with van der Waals surface area (Å²) < 4.78 is 11.3. The summed E-state index contributed by atoms with van der Waals surface area (Å²) in [5.74, 6) is 0. The molecule has 0 radical (unpaired) electrons. The largest absolute Gasteiger partial charge is 0.398 e. The molecule has 78 valence electrons. The lowest BCUT2D eigenvalue weighted by molar-refractivity contribution is 0.182. The van der Waals surface area contributed by atoms with E-state index in [2.05, 4.69) is 18.5 Å². The highest BCUT2D eigenvalue weighted by Crippen LogP contribution is 2.17. The Morgan fingerprint density at radius 3 is 2.77 bits per heavy atom. The average Bonchev–Trinajstić information content (AvgIpc) is 2.19. The average molecular weight is 203 g/mol. The van der Waals surface area contributed by atoms with Crippen molar-refractivity contribution in [2.75, 3.05) is 33.9 Å². The summed E-state index contributed by atoms with van der Waals surface area (Å²) in [7, 11) is 2.16. The van der Waals surface area contributed by atoms with Crippen LogP contribution in [0.25, 0.3) is 0 Å². The smallest absolute Gasteiger partial charge is 0.334 e. The van der Waals surface area contributed by atoms with E-state index in [0.717, 1.165) is 19.2 Å². The third-order valence-electron chi connectivity index (χ3n) is 2.73. The second-order valence-corrected chi connectivity index (χ2v) is 7.41. The topological polar surface area (TPSA) is 21.7 Å². The summed E-state index contributed by atoms with van der Waals surface area (Å²) in [6.07, 6.45) is 2.51. The van der Waals surface area contributed by atoms with Gasteiger partial charge in [-0.2, -0.15) is 0 Å². The minimum atomic E-state index is -1.78. The number of rotatable bonds is 1. The van der Waals surface area contributed by atoms with Crippen molar-refractivity contribution in [3.05, 3.63) is 0 Å². The quantitative estimate of drug-likeness (QED) is 0.602. The molecule has 0 amide bonds. The number of likely N-dealkylation sites (N-methyl/N-ethyl adjacent to an activating group) is 1. The zero-order chi connectivity index (χ0) is 9.73. The van der Waals surface area contributed by atoms with E-state index in [4.69, 9.17) is 8.85 Å². The van der Waals surface area contributed by atoms with Gasteiger partial charge in [0.25, 0.3) is 0 Å². The van der Waals surface area contributed by atoms with Crippen LogP contribution >= 0.6 is 0 Å². The lowest BCUT2D eigenvalue weighted by atomic mass is 10.3. The maximum Gasteiger partial charge on any atom is 0.334 e. The van der Waals surface area contributed by atoms with E-state index in [1.165, 1.54) is 19.4 Å². The molecule has 0 bridgehead atoms. The highest BCUT2D eigenvalue weighted by molar-refractivity contribution is 6.65. The van der Waals surface area contributed by atoms with Crippen molar-refractivity contribution in [1.82, 2.24) is 4.90 Å². The molecule has 0 aromatic rings. The zero-order valence-corrected chi connectivity index (χ0v) is 10.0. The molecule has 0 spiro atoms. The van der Waals surface area contributed by atoms with Crippen molar-refractivity contribution in [1.29, 1.82) is 0 Å². The minimum absolute atomic E-state index is 0.826. The summed E-state index contributed by atoms with van der Waals surface area (Å²) >= 11 is 0. The Balaban J connectivity index is 2.43. The lowest BCUT2D eigenvalue weighted by Crippen LogP contribution is -2.38. The molecule has 0 aromatic heterocycles. The molecule has 0 saturated carbocycles. The predicted octanol–water partition coefficient (Wildman–Crippen LogP) is 1.45. The van der Waals surface area contributed by atoms with Crippen LogP contribution < -0.4 is 0 Å². The van der Waals surface area contributed by atoms with E-state index in [1.807, 2.05) is 0 Å². The zero-order valence-electron chi connectivity index (χ0n) is 9.01. The lowest BCUT2D eigenvalue weighted by Gasteiger charge is -2.24. The Hall–Kier alpha value is 0.0969. The molecule has 0 aliphatic carbocycles. The van der Waals surface area contributed by atoms with Crippen molar-refractivity contribution >= 4 is 8.56 Å². The summed E-state index contributed by atoms with van der Waals surface area (Å²) in [6.45, 7) is 5.22. The van der Waals surface area contributed by atoms with Crippen LogP contribution in [0.1, 0.15) is 12.8 Å². The standard InChI is InChI=1S/C9H21NO2Si/c1-10-6-4-5-9-13(3,11-2)12-8-7-10/h4-9H2,1-3H3. The van der Waals surface area contributed by atoms with E-state index >= 15 is 0 Å². The molecule has 1 atom stereocenters. The van der Waals surface area contributed by atoms with Crippen LogP contribution in [0.5, 0.6) is 0 Å². The molecular weight excluding hydrogens is 182 g/mol. The van der Waals surface area contributed by atoms with Gasteiger partial charge in [0.15, 0.2) is 0 Å². The van der Waals surface area contributed by atoms with E-state index in [0.29, 0.717) is 0 Å². The fourth-order valence-electron chi connectivity index (χ4n) is 1.59. The van der Waals surface area contributed by atoms with Crippen LogP contribution in [-0.2, 0) is 8.85 Å². The van der Waals surface area contributed by atoms with Crippen molar-refractivity contribution < 1.29 is 8.85 Å². The van der Waals surface area contributed by atoms with E-state index in [1.54, 1.807) is 7.11 Å². The predicted molar refractivity (Wildman–Crippen MR) is 56.1 cm³/mol. The molecule has 0 aromatic carbocycles. The van der Waals surface area contributed by atoms with Crippen LogP contribution in [0.2, 0.25) is 12.6 Å². The van der Waals surface area contributed by atoms with Gasteiger partial charge in [-0.3, -0.25) is 0 Å². The first-order valence-corrected chi connectivity index (χ1v) is 7.56. The molecule has 1 aliphatic heterocycles. The van der Waals surface area contributed by atoms with E-state index in [9.17, 15) is 0 Å². The molecule has 1 heterocycles. The first-order chi connectivity index (χ1) is 6.16. The Bertz CT molecular complexity index is 157. The molecule has 1 rings (SSSR count). The monoisotopic (exact) mass is 203 g/mol. The fourth-order valence-corrected chi connectivity index (χ4v) is 3.47. The number of hydrogen-bond acceptors (Lipinski definition) is 3. The summed E-state index contributed by atoms with van der Waals surface area (Å²) in [4.78, 5) is 2.33. The van der Waals surface area contributed by atoms with Gasteiger partial charge >= 0.3 is 8.56 Å². The molecular formula is C9H21NO2Si. The Morgan fingerprint density at radius 2 is 2.08 bits per heavy atom. The van der Waals surface area contributed by atoms with Crippen molar-refractivity contribution in [3.8, 4) is 0 Å². The van der Waals surface area contributed by atoms with Crippen molar-refractivity contribution in [3.63, 3.8) is 0 Å². The van der Waals surface area contributed by atoms with Crippen LogP contribution in [0, 0.1) is 0 Å². The molecule has 1 fully saturated rings. The third-order valence-corrected chi connectivity index (χ3v) is 5.67. The van der Waals surface area contributed by atoms with Gasteiger partial charge in [-0.05, 0) is 32.6 Å². The van der Waals surface area contributed by atoms with Crippen molar-refractivity contribution in [2.24, 2.45) is 0 Å². The first-order valence-electron chi connectivity index (χ1n) is 5.04. The Morgan fingerprint density at radius 1 is 1.31 bits per heavy atom. The van der Waals surface area contributed by atoms with Crippen LogP contribution in [0.15, 0.2) is 0 Å². The number of nitrogens with zero attached hydrogens (tertiary/aromatic N) is 1. The van der Waals surface area contributed by atoms with Gasteiger partial charge < -0.3 is 13.8 Å². The van der Waals surface area contributed by atoms with Crippen LogP contribution in [0.4, 0.5) is 0 Å². The molecule has 1 unspecified atom stereocenters. The van der Waals surface area contributed by atoms with Gasteiger partial charge in [-0.1, -0.05) is 6.42 Å². The van der Waals surface area contributed by atoms with E-state index in [-0.39, 0.29) is 0 Å². The normalized spacial score (nSPS) is 33.5. The minimum Gasteiger partial charge on any atom is -0.398 e. The van der Waals surface area contributed by atoms with Gasteiger partial charge in [0.1, 0.15) is 0 Å². The highest BCUT2D eigenvalue weighted by atomic mass is 28.4. The number of hydrogen-bond donors (Lipinski definition) is 0. The molecule has 1 saturated heterocycles. The maximum atomic E-state index is 5.85. The second-order valence-electron chi connectivity index (χ2n) is 3.95. The highest BCUT2D eigenvalue weighted by Gasteiger charge is 2.30. The third kappa shape index (κ3) is 3.77. The Kier molecular flexibility index (Phi) is 4.38. The van der Waals surface area contributed by atoms with Gasteiger partial charge in [0.2, 0.25) is 0 Å². The molecule has 4 heteroatoms. The molecule has 0 N–H and O–H groups in total. The first kappa shape index (κ1) is 11.2. The summed E-state index contributed by atoms with van der Waals surface area (Å²) in [5.41, 5.74) is 0. The fraction of sp³-hybridized carbons (Fsp3) is 1.00. The summed E-state index contributed by atoms with van der Waals surface area (Å²) in [5, 5.41) is 0. The molecule has 13 heavy (non-hydrogen) atoms. The van der Waals surface area contributed by atoms with E-state index < -0.39 is 8.56 Å². The van der Waals surface area contributed by atoms with Crippen LogP contribution in [-0.4, -0.2) is 47.3 Å². The Labute approximate surface area is 82.3 Å². The second kappa shape index (κ2) is 5.10. The summed E-state index contributed by atoms with van der Waals surface area (Å²) in [6, 6.07) is 1.14. The van der Waals surface area contributed by atoms with Gasteiger partial charge in [-0.25, -0.2) is 0 Å². The SMILES string of the molecule is CO[Si]1(C)CCCCN(C)CCO1. The molecule has 1 aliphatic rings. The van der Waals surface area contributed by atoms with Gasteiger partial charge in [-0.15, -0.1) is 0 Å². The molecule has 3 nitrogen and oxygen atoms in total. The van der Waals surface area contributed by atoms with Crippen molar-refractivity contribution in [2.45, 2.75) is 25.4 Å².